The average molecular weight is 408 g/mol. The number of nitrogens with one attached hydrogen (secondary N) is 1. The highest BCUT2D eigenvalue weighted by Crippen LogP contribution is 2.23. The molecule has 1 aromatic carbocycles. The highest BCUT2D eigenvalue weighted by Gasteiger charge is 2.21. The molecular weight excluding hydrogens is 390 g/mol. The van der Waals surface area contributed by atoms with Crippen molar-refractivity contribution in [1.29, 1.82) is 0 Å². The van der Waals surface area contributed by atoms with Gasteiger partial charge < -0.3 is 10.7 Å². The highest BCUT2D eigenvalue weighted by molar-refractivity contribution is 7.99. The maximum Gasteiger partial charge on any atom is 0.332 e. The van der Waals surface area contributed by atoms with Gasteiger partial charge in [-0.05, 0) is 24.6 Å². The van der Waals surface area contributed by atoms with Crippen molar-refractivity contribution in [3.05, 3.63) is 49.6 Å². The van der Waals surface area contributed by atoms with Gasteiger partial charge in [-0.25, -0.2) is 9.78 Å². The van der Waals surface area contributed by atoms with Crippen LogP contribution >= 0.6 is 23.4 Å². The number of fused-ring (bicyclic) bond motifs is 1. The minimum absolute atomic E-state index is 0.0443. The zero-order valence-corrected chi connectivity index (χ0v) is 16.4. The lowest BCUT2D eigenvalue weighted by molar-refractivity contribution is 0.102. The number of imidazole rings is 1. The first-order chi connectivity index (χ1) is 12.8. The summed E-state index contributed by atoms with van der Waals surface area (Å²) in [6.07, 6.45) is 0.645. The summed E-state index contributed by atoms with van der Waals surface area (Å²) < 4.78 is 2.16. The van der Waals surface area contributed by atoms with Gasteiger partial charge in [0.2, 0.25) is 0 Å². The Bertz CT molecular complexity index is 1150. The smallest absolute Gasteiger partial charge is 0.332 e. The zero-order valence-electron chi connectivity index (χ0n) is 14.8. The van der Waals surface area contributed by atoms with Crippen molar-refractivity contribution in [2.75, 3.05) is 11.5 Å². The van der Waals surface area contributed by atoms with Crippen LogP contribution in [0.25, 0.3) is 11.0 Å². The van der Waals surface area contributed by atoms with Crippen molar-refractivity contribution < 1.29 is 4.79 Å². The lowest BCUT2D eigenvalue weighted by Crippen LogP contribution is -2.42. The van der Waals surface area contributed by atoms with E-state index in [2.05, 4.69) is 9.97 Å². The van der Waals surface area contributed by atoms with E-state index in [1.165, 1.54) is 11.6 Å². The van der Waals surface area contributed by atoms with Crippen LogP contribution in [0.4, 0.5) is 5.82 Å². The minimum atomic E-state index is -0.688. The van der Waals surface area contributed by atoms with Crippen LogP contribution in [-0.4, -0.2) is 30.6 Å². The van der Waals surface area contributed by atoms with E-state index in [0.29, 0.717) is 23.1 Å². The Morgan fingerprint density at radius 3 is 2.81 bits per heavy atom. The number of carbonyl (C=O) groups is 1. The van der Waals surface area contributed by atoms with E-state index in [0.717, 1.165) is 27.4 Å². The van der Waals surface area contributed by atoms with Gasteiger partial charge in [-0.3, -0.25) is 18.7 Å². The number of carbonyl (C=O) groups excluding carboxylic acids is 1. The first-order valence-electron chi connectivity index (χ1n) is 8.24. The highest BCUT2D eigenvalue weighted by atomic mass is 35.5. The third-order valence-electron chi connectivity index (χ3n) is 4.07. The van der Waals surface area contributed by atoms with Gasteiger partial charge in [-0.1, -0.05) is 30.3 Å². The van der Waals surface area contributed by atoms with Gasteiger partial charge in [0, 0.05) is 18.6 Å². The van der Waals surface area contributed by atoms with Crippen molar-refractivity contribution in [1.82, 2.24) is 19.1 Å². The maximum absolute atomic E-state index is 12.7. The number of Topliss-reactive ketones (excluding diaryl/α,β-unsaturated/α-hetero) is 1. The molecule has 10 heteroatoms. The molecule has 0 radical (unpaired) electrons. The van der Waals surface area contributed by atoms with Gasteiger partial charge in [0.05, 0.1) is 16.8 Å². The fraction of sp³-hybridized carbons (Fsp3) is 0.294. The van der Waals surface area contributed by atoms with E-state index in [1.807, 2.05) is 6.92 Å². The van der Waals surface area contributed by atoms with E-state index < -0.39 is 17.0 Å². The Hall–Kier alpha value is -2.52. The second kappa shape index (κ2) is 7.61. The second-order valence-electron chi connectivity index (χ2n) is 5.97. The summed E-state index contributed by atoms with van der Waals surface area (Å²) in [5, 5.41) is 1.10. The van der Waals surface area contributed by atoms with Gasteiger partial charge in [-0.2, -0.15) is 0 Å². The predicted molar refractivity (Wildman–Crippen MR) is 107 cm³/mol. The number of ketones is 1. The molecule has 0 aliphatic rings. The molecule has 3 rings (SSSR count). The van der Waals surface area contributed by atoms with Crippen LogP contribution in [0.5, 0.6) is 0 Å². The number of hydrogen-bond acceptors (Lipinski definition) is 6. The molecule has 0 amide bonds. The number of nitrogens with zero attached hydrogens (tertiary/aromatic N) is 3. The lowest BCUT2D eigenvalue weighted by atomic mass is 10.2. The summed E-state index contributed by atoms with van der Waals surface area (Å²) in [5.41, 5.74) is 6.06. The van der Waals surface area contributed by atoms with E-state index in [1.54, 1.807) is 18.2 Å². The molecule has 0 atom stereocenters. The Labute approximate surface area is 163 Å². The quantitative estimate of drug-likeness (QED) is 0.477. The number of H-pyrrole nitrogens is 1. The SMILES string of the molecule is CCCn1c(N)c(C(=O)CSc2nc3ccc(Cl)cc3[nH]2)c(=O)n(C)c1=O. The molecule has 3 N–H and O–H groups in total. The molecule has 0 spiro atoms. The number of halogens is 1. The van der Waals surface area contributed by atoms with Crippen molar-refractivity contribution in [3.8, 4) is 0 Å². The zero-order chi connectivity index (χ0) is 19.7. The van der Waals surface area contributed by atoms with Crippen LogP contribution in [0.3, 0.4) is 0 Å². The number of benzene rings is 1. The molecule has 0 aliphatic heterocycles. The van der Waals surface area contributed by atoms with Crippen molar-refractivity contribution >= 4 is 46.0 Å². The summed E-state index contributed by atoms with van der Waals surface area (Å²) in [7, 11) is 1.34. The summed E-state index contributed by atoms with van der Waals surface area (Å²) in [6.45, 7) is 2.21. The predicted octanol–water partition coefficient (Wildman–Crippen LogP) is 2.04. The maximum atomic E-state index is 12.7. The third kappa shape index (κ3) is 3.65. The largest absolute Gasteiger partial charge is 0.384 e. The van der Waals surface area contributed by atoms with E-state index in [4.69, 9.17) is 17.3 Å². The van der Waals surface area contributed by atoms with Gasteiger partial charge in [-0.15, -0.1) is 0 Å². The Balaban J connectivity index is 1.89. The molecule has 142 valence electrons. The molecule has 0 unspecified atom stereocenters. The van der Waals surface area contributed by atoms with Crippen LogP contribution in [0, 0.1) is 0 Å². The number of aromatic amines is 1. The van der Waals surface area contributed by atoms with Crippen LogP contribution in [-0.2, 0) is 13.6 Å². The summed E-state index contributed by atoms with van der Waals surface area (Å²) in [5.74, 6) is -0.592. The van der Waals surface area contributed by atoms with Gasteiger partial charge in [0.1, 0.15) is 11.4 Å². The van der Waals surface area contributed by atoms with E-state index in [9.17, 15) is 14.4 Å². The first-order valence-corrected chi connectivity index (χ1v) is 9.60. The molecule has 0 aliphatic carbocycles. The first kappa shape index (κ1) is 19.2. The van der Waals surface area contributed by atoms with E-state index in [-0.39, 0.29) is 17.1 Å². The molecule has 0 saturated carbocycles. The summed E-state index contributed by atoms with van der Waals surface area (Å²) >= 11 is 7.10. The minimum Gasteiger partial charge on any atom is -0.384 e. The number of thioether (sulfide) groups is 1. The molecule has 3 aromatic rings. The molecule has 0 saturated heterocycles. The van der Waals surface area contributed by atoms with Crippen LogP contribution < -0.4 is 17.0 Å². The number of rotatable bonds is 6. The fourth-order valence-electron chi connectivity index (χ4n) is 2.72. The van der Waals surface area contributed by atoms with E-state index >= 15 is 0 Å². The van der Waals surface area contributed by atoms with Gasteiger partial charge in [0.15, 0.2) is 10.9 Å². The van der Waals surface area contributed by atoms with Crippen molar-refractivity contribution in [3.63, 3.8) is 0 Å². The van der Waals surface area contributed by atoms with Crippen LogP contribution in [0.2, 0.25) is 5.02 Å². The molecule has 0 bridgehead atoms. The van der Waals surface area contributed by atoms with Gasteiger partial charge >= 0.3 is 5.69 Å². The number of nitrogens with two attached hydrogens (primary N) is 1. The number of anilines is 1. The number of aromatic nitrogens is 4. The Kier molecular flexibility index (Phi) is 5.43. The number of hydrogen-bond donors (Lipinski definition) is 2. The monoisotopic (exact) mass is 407 g/mol. The lowest BCUT2D eigenvalue weighted by Gasteiger charge is -2.13. The molecule has 0 fully saturated rings. The van der Waals surface area contributed by atoms with Crippen molar-refractivity contribution in [2.24, 2.45) is 7.05 Å². The molecule has 8 nitrogen and oxygen atoms in total. The number of nitrogen functional groups attached to an aromatic ring is 1. The molecular formula is C17H18ClN5O3S. The average Bonchev–Trinajstić information content (AvgIpc) is 3.04. The normalized spacial score (nSPS) is 11.2. The third-order valence-corrected chi connectivity index (χ3v) is 5.18. The molecule has 2 aromatic heterocycles. The van der Waals surface area contributed by atoms with Crippen LogP contribution in [0.15, 0.2) is 32.9 Å². The molecule has 27 heavy (non-hydrogen) atoms. The second-order valence-corrected chi connectivity index (χ2v) is 7.37. The fourth-order valence-corrected chi connectivity index (χ4v) is 3.65. The summed E-state index contributed by atoms with van der Waals surface area (Å²) in [4.78, 5) is 44.7. The van der Waals surface area contributed by atoms with Gasteiger partial charge in [0.25, 0.3) is 5.56 Å². The molecule has 2 heterocycles. The van der Waals surface area contributed by atoms with Crippen molar-refractivity contribution in [2.45, 2.75) is 25.0 Å². The Morgan fingerprint density at radius 2 is 2.11 bits per heavy atom. The topological polar surface area (TPSA) is 116 Å². The summed E-state index contributed by atoms with van der Waals surface area (Å²) in [6, 6.07) is 5.24. The van der Waals surface area contributed by atoms with Crippen LogP contribution in [0.1, 0.15) is 23.7 Å². The standard InChI is InChI=1S/C17H18ClN5O3S/c1-3-6-23-14(19)13(15(25)22(2)17(23)26)12(24)8-27-16-20-10-5-4-9(18)7-11(10)21-16/h4-5,7H,3,6,8,19H2,1-2H3,(H,20,21). The Morgan fingerprint density at radius 1 is 1.37 bits per heavy atom.